The van der Waals surface area contributed by atoms with Crippen LogP contribution in [-0.2, 0) is 0 Å². The third kappa shape index (κ3) is 2.11. The summed E-state index contributed by atoms with van der Waals surface area (Å²) >= 11 is 0. The molecule has 1 aliphatic heterocycles. The predicted molar refractivity (Wildman–Crippen MR) is 83.6 cm³/mol. The quantitative estimate of drug-likeness (QED) is 0.345. The molecule has 0 radical (unpaired) electrons. The molecule has 1 unspecified atom stereocenters. The van der Waals surface area contributed by atoms with Gasteiger partial charge in [-0.15, -0.1) is 0 Å². The summed E-state index contributed by atoms with van der Waals surface area (Å²) in [5.41, 5.74) is -0.583. The summed E-state index contributed by atoms with van der Waals surface area (Å²) in [7, 11) is 0. The molecule has 5 N–H and O–H groups in total. The van der Waals surface area contributed by atoms with E-state index in [-0.39, 0.29) is 62.6 Å². The molecule has 128 valence electrons. The number of carboxylic acids is 1. The van der Waals surface area contributed by atoms with Crippen molar-refractivity contribution in [3.05, 3.63) is 35.0 Å². The summed E-state index contributed by atoms with van der Waals surface area (Å²) in [6, 6.07) is 4.74. The van der Waals surface area contributed by atoms with Gasteiger partial charge in [0.05, 0.1) is 10.9 Å². The van der Waals surface area contributed by atoms with Crippen LogP contribution < -0.4 is 14.7 Å². The number of aromatic hydroxyl groups is 2. The zero-order valence-electron chi connectivity index (χ0n) is 12.4. The van der Waals surface area contributed by atoms with Crippen LogP contribution >= 0.6 is 0 Å². The minimum absolute atomic E-state index is 0.0678. The van der Waals surface area contributed by atoms with Gasteiger partial charge >= 0.3 is 5.97 Å². The van der Waals surface area contributed by atoms with Gasteiger partial charge < -0.3 is 30.0 Å². The Morgan fingerprint density at radius 3 is 2.52 bits per heavy atom. The van der Waals surface area contributed by atoms with E-state index in [1.54, 1.807) is 0 Å². The van der Waals surface area contributed by atoms with Gasteiger partial charge in [-0.05, 0) is 12.1 Å². The maximum atomic E-state index is 11.7. The summed E-state index contributed by atoms with van der Waals surface area (Å²) < 4.78 is 10.6. The summed E-state index contributed by atoms with van der Waals surface area (Å²) in [4.78, 5) is 11.7. The van der Waals surface area contributed by atoms with Crippen LogP contribution in [0.5, 0.6) is 23.0 Å². The lowest BCUT2D eigenvalue weighted by Gasteiger charge is -2.18. The van der Waals surface area contributed by atoms with Crippen molar-refractivity contribution in [2.75, 3.05) is 6.79 Å². The number of carbonyl (C=O) groups is 1. The van der Waals surface area contributed by atoms with Crippen LogP contribution in [0.3, 0.4) is 0 Å². The van der Waals surface area contributed by atoms with Gasteiger partial charge in [0.15, 0.2) is 17.2 Å². The maximum Gasteiger partial charge on any atom is 0.336 e. The average molecular weight is 345 g/mol. The molecule has 4 rings (SSSR count). The third-order valence-electron chi connectivity index (χ3n) is 4.09. The summed E-state index contributed by atoms with van der Waals surface area (Å²) in [5.74, 6) is -1.63. The number of fused-ring (bicyclic) bond motifs is 5. The van der Waals surface area contributed by atoms with Gasteiger partial charge in [0.25, 0.3) is 0 Å². The Morgan fingerprint density at radius 2 is 1.84 bits per heavy atom. The SMILES string of the molecule is O=C(O)c1cc2c(c3c1c([NH+]([O-])O)cc1c(O)cc(O)cc13)OCO2. The van der Waals surface area contributed by atoms with Crippen molar-refractivity contribution in [1.29, 1.82) is 0 Å². The first-order valence-corrected chi connectivity index (χ1v) is 7.10. The molecule has 0 aromatic heterocycles. The molecule has 9 nitrogen and oxygen atoms in total. The molecular formula is C16H11NO8. The molecule has 1 atom stereocenters. The summed E-state index contributed by atoms with van der Waals surface area (Å²) in [6.07, 6.45) is 0. The van der Waals surface area contributed by atoms with E-state index in [0.29, 0.717) is 0 Å². The molecule has 0 fully saturated rings. The van der Waals surface area contributed by atoms with Crippen molar-refractivity contribution in [2.45, 2.75) is 0 Å². The van der Waals surface area contributed by atoms with Crippen molar-refractivity contribution >= 4 is 33.2 Å². The Labute approximate surface area is 139 Å². The zero-order valence-corrected chi connectivity index (χ0v) is 12.4. The summed E-state index contributed by atoms with van der Waals surface area (Å²) in [6.45, 7) is -0.156. The van der Waals surface area contributed by atoms with Crippen LogP contribution in [0.2, 0.25) is 0 Å². The number of benzene rings is 3. The van der Waals surface area contributed by atoms with E-state index in [2.05, 4.69) is 0 Å². The Kier molecular flexibility index (Phi) is 3.12. The standard InChI is InChI=1S/C16H11NO8/c18-6-1-8-7(11(19)2-6)3-10(17(22)23)13-9(16(20)21)4-12-15(14(8)13)25-5-24-12/h1-4,17-19,22H,5H2,(H,20,21). The molecule has 3 aromatic rings. The third-order valence-corrected chi connectivity index (χ3v) is 4.09. The Morgan fingerprint density at radius 1 is 1.08 bits per heavy atom. The molecule has 3 aromatic carbocycles. The molecule has 0 amide bonds. The van der Waals surface area contributed by atoms with E-state index in [0.717, 1.165) is 6.07 Å². The summed E-state index contributed by atoms with van der Waals surface area (Å²) in [5, 5.41) is 49.8. The van der Waals surface area contributed by atoms with Gasteiger partial charge in [0, 0.05) is 28.3 Å². The van der Waals surface area contributed by atoms with Crippen molar-refractivity contribution < 1.29 is 40.0 Å². The van der Waals surface area contributed by atoms with E-state index in [4.69, 9.17) is 9.47 Å². The lowest BCUT2D eigenvalue weighted by atomic mass is 9.94. The largest absolute Gasteiger partial charge is 0.595 e. The fraction of sp³-hybridized carbons (Fsp3) is 0.0625. The first-order valence-electron chi connectivity index (χ1n) is 7.10. The van der Waals surface area contributed by atoms with Crippen LogP contribution in [0.4, 0.5) is 5.69 Å². The molecular weight excluding hydrogens is 334 g/mol. The molecule has 0 spiro atoms. The van der Waals surface area contributed by atoms with Gasteiger partial charge in [-0.25, -0.2) is 10.0 Å². The highest BCUT2D eigenvalue weighted by Crippen LogP contribution is 2.48. The first-order chi connectivity index (χ1) is 11.9. The predicted octanol–water partition coefficient (Wildman–Crippen LogP) is 1.23. The van der Waals surface area contributed by atoms with Gasteiger partial charge in [-0.1, -0.05) is 0 Å². The fourth-order valence-corrected chi connectivity index (χ4v) is 3.11. The number of phenolic OH excluding ortho intramolecular Hbond substituents is 2. The van der Waals surface area contributed by atoms with Crippen molar-refractivity contribution in [3.8, 4) is 23.0 Å². The number of nitrogens with one attached hydrogen (secondary N) is 1. The van der Waals surface area contributed by atoms with Gasteiger partial charge in [0.1, 0.15) is 11.5 Å². The number of ether oxygens (including phenoxy) is 2. The molecule has 0 bridgehead atoms. The second kappa shape index (κ2) is 5.11. The van der Waals surface area contributed by atoms with E-state index >= 15 is 0 Å². The zero-order chi connectivity index (χ0) is 17.9. The lowest BCUT2D eigenvalue weighted by Crippen LogP contribution is -2.99. The molecule has 1 aliphatic rings. The molecule has 0 saturated carbocycles. The fourth-order valence-electron chi connectivity index (χ4n) is 3.11. The highest BCUT2D eigenvalue weighted by Gasteiger charge is 2.28. The highest BCUT2D eigenvalue weighted by atomic mass is 16.8. The second-order valence-corrected chi connectivity index (χ2v) is 5.50. The Balaban J connectivity index is 2.35. The number of aromatic carboxylic acids is 1. The highest BCUT2D eigenvalue weighted by molar-refractivity contribution is 6.22. The van der Waals surface area contributed by atoms with Crippen molar-refractivity contribution in [1.82, 2.24) is 0 Å². The van der Waals surface area contributed by atoms with Crippen LogP contribution in [0.15, 0.2) is 24.3 Å². The Hall–Kier alpha value is -3.27. The first kappa shape index (κ1) is 15.3. The van der Waals surface area contributed by atoms with E-state index in [1.807, 2.05) is 0 Å². The minimum Gasteiger partial charge on any atom is -0.595 e. The number of hydrogen-bond donors (Lipinski definition) is 5. The number of quaternary nitrogens is 1. The molecule has 0 aliphatic carbocycles. The second-order valence-electron chi connectivity index (χ2n) is 5.50. The van der Waals surface area contributed by atoms with Crippen molar-refractivity contribution in [2.24, 2.45) is 0 Å². The van der Waals surface area contributed by atoms with Crippen molar-refractivity contribution in [3.63, 3.8) is 0 Å². The van der Waals surface area contributed by atoms with Gasteiger partial charge in [-0.3, -0.25) is 0 Å². The number of phenols is 2. The van der Waals surface area contributed by atoms with Gasteiger partial charge in [0.2, 0.25) is 6.79 Å². The van der Waals surface area contributed by atoms with Crippen LogP contribution in [0, 0.1) is 5.21 Å². The molecule has 9 heteroatoms. The molecule has 0 saturated heterocycles. The van der Waals surface area contributed by atoms with E-state index in [9.17, 15) is 30.5 Å². The average Bonchev–Trinajstić information content (AvgIpc) is 3.00. The van der Waals surface area contributed by atoms with E-state index in [1.165, 1.54) is 18.2 Å². The molecule has 1 heterocycles. The normalized spacial score (nSPS) is 14.2. The number of rotatable bonds is 2. The van der Waals surface area contributed by atoms with Crippen LogP contribution in [0.25, 0.3) is 21.5 Å². The maximum absolute atomic E-state index is 11.7. The monoisotopic (exact) mass is 345 g/mol. The lowest BCUT2D eigenvalue weighted by molar-refractivity contribution is -0.990. The van der Waals surface area contributed by atoms with Crippen LogP contribution in [0.1, 0.15) is 10.4 Å². The van der Waals surface area contributed by atoms with Crippen LogP contribution in [-0.4, -0.2) is 33.3 Å². The topological polar surface area (TPSA) is 144 Å². The minimum atomic E-state index is -1.36. The Bertz CT molecular complexity index is 1060. The number of carboxylic acid groups (broad SMARTS) is 1. The van der Waals surface area contributed by atoms with E-state index < -0.39 is 11.2 Å². The smallest absolute Gasteiger partial charge is 0.336 e. The number of hydrogen-bond acceptors (Lipinski definition) is 7. The van der Waals surface area contributed by atoms with Gasteiger partial charge in [-0.2, -0.15) is 5.23 Å². The molecule has 25 heavy (non-hydrogen) atoms.